The molecular formula is C13H16N4O. The first-order chi connectivity index (χ1) is 8.70. The first kappa shape index (κ1) is 11.0. The Balaban J connectivity index is 2.24. The third kappa shape index (κ3) is 1.51. The van der Waals surface area contributed by atoms with E-state index in [2.05, 4.69) is 10.4 Å². The van der Waals surface area contributed by atoms with Gasteiger partial charge in [-0.3, -0.25) is 4.68 Å². The molecule has 1 aliphatic heterocycles. The van der Waals surface area contributed by atoms with Crippen molar-refractivity contribution in [3.63, 3.8) is 0 Å². The second-order valence-corrected chi connectivity index (χ2v) is 4.45. The summed E-state index contributed by atoms with van der Waals surface area (Å²) in [5, 5.41) is 7.74. The zero-order chi connectivity index (χ0) is 12.7. The van der Waals surface area contributed by atoms with E-state index >= 15 is 0 Å². The predicted octanol–water partition coefficient (Wildman–Crippen LogP) is 1.65. The maximum absolute atomic E-state index is 5.99. The average molecular weight is 244 g/mol. The Kier molecular flexibility index (Phi) is 2.40. The quantitative estimate of drug-likeness (QED) is 0.749. The van der Waals surface area contributed by atoms with Gasteiger partial charge >= 0.3 is 0 Å². The molecule has 1 aromatic heterocycles. The summed E-state index contributed by atoms with van der Waals surface area (Å²) in [6, 6.07) is 3.90. The number of aromatic nitrogens is 2. The van der Waals surface area contributed by atoms with Gasteiger partial charge in [-0.15, -0.1) is 0 Å². The predicted molar refractivity (Wildman–Crippen MR) is 71.8 cm³/mol. The van der Waals surface area contributed by atoms with Gasteiger partial charge in [-0.25, -0.2) is 0 Å². The molecule has 0 saturated carbocycles. The molecule has 0 saturated heterocycles. The van der Waals surface area contributed by atoms with E-state index in [9.17, 15) is 0 Å². The van der Waals surface area contributed by atoms with Crippen LogP contribution in [0, 0.1) is 0 Å². The van der Waals surface area contributed by atoms with E-state index in [0.29, 0.717) is 11.4 Å². The Bertz CT molecular complexity index is 603. The lowest BCUT2D eigenvalue weighted by Crippen LogP contribution is -2.06. The van der Waals surface area contributed by atoms with Gasteiger partial charge in [-0.2, -0.15) is 5.10 Å². The van der Waals surface area contributed by atoms with Gasteiger partial charge in [-0.05, 0) is 6.07 Å². The standard InChI is InChI=1S/C13H16N4O/c1-17-12-3-4-15-11-6-13(18-2)10(14)5-8(11)9(12)7-16-17/h5-7,15H,3-4,14H2,1-2H3. The maximum atomic E-state index is 5.99. The molecule has 18 heavy (non-hydrogen) atoms. The Morgan fingerprint density at radius 1 is 1.39 bits per heavy atom. The van der Waals surface area contributed by atoms with Crippen molar-refractivity contribution in [2.75, 3.05) is 24.7 Å². The van der Waals surface area contributed by atoms with Gasteiger partial charge in [0, 0.05) is 48.6 Å². The lowest BCUT2D eigenvalue weighted by Gasteiger charge is -2.12. The van der Waals surface area contributed by atoms with Crippen molar-refractivity contribution in [1.82, 2.24) is 9.78 Å². The Labute approximate surface area is 106 Å². The number of anilines is 2. The van der Waals surface area contributed by atoms with Crippen LogP contribution in [0.25, 0.3) is 11.1 Å². The second kappa shape index (κ2) is 3.94. The number of nitrogen functional groups attached to an aromatic ring is 1. The van der Waals surface area contributed by atoms with Crippen LogP contribution < -0.4 is 15.8 Å². The van der Waals surface area contributed by atoms with Crippen LogP contribution >= 0.6 is 0 Å². The summed E-state index contributed by atoms with van der Waals surface area (Å²) in [7, 11) is 3.60. The van der Waals surface area contributed by atoms with Crippen molar-refractivity contribution < 1.29 is 4.74 Å². The highest BCUT2D eigenvalue weighted by Gasteiger charge is 2.19. The minimum Gasteiger partial charge on any atom is -0.495 e. The number of nitrogens with two attached hydrogens (primary N) is 1. The third-order valence-electron chi connectivity index (χ3n) is 3.40. The van der Waals surface area contributed by atoms with Crippen molar-refractivity contribution in [2.24, 2.45) is 7.05 Å². The molecule has 5 nitrogen and oxygen atoms in total. The van der Waals surface area contributed by atoms with E-state index in [0.717, 1.165) is 29.8 Å². The molecule has 94 valence electrons. The fraction of sp³-hybridized carbons (Fsp3) is 0.308. The highest BCUT2D eigenvalue weighted by Crippen LogP contribution is 2.38. The molecule has 0 amide bonds. The number of aryl methyl sites for hydroxylation is 1. The number of rotatable bonds is 1. The van der Waals surface area contributed by atoms with Gasteiger partial charge in [0.05, 0.1) is 19.0 Å². The number of hydrogen-bond donors (Lipinski definition) is 2. The Morgan fingerprint density at radius 2 is 2.22 bits per heavy atom. The van der Waals surface area contributed by atoms with Gasteiger partial charge in [0.25, 0.3) is 0 Å². The molecule has 0 fully saturated rings. The van der Waals surface area contributed by atoms with Crippen LogP contribution in [0.1, 0.15) is 5.69 Å². The summed E-state index contributed by atoms with van der Waals surface area (Å²) in [6.07, 6.45) is 2.84. The molecule has 0 unspecified atom stereocenters. The normalized spacial score (nSPS) is 13.2. The number of fused-ring (bicyclic) bond motifs is 3. The summed E-state index contributed by atoms with van der Waals surface area (Å²) < 4.78 is 7.18. The molecule has 1 aromatic carbocycles. The Hall–Kier alpha value is -2.17. The van der Waals surface area contributed by atoms with Gasteiger partial charge in [0.1, 0.15) is 5.75 Å². The molecule has 0 radical (unpaired) electrons. The number of nitrogens with zero attached hydrogens (tertiary/aromatic N) is 2. The molecule has 3 N–H and O–H groups in total. The maximum Gasteiger partial charge on any atom is 0.143 e. The molecule has 0 bridgehead atoms. The number of benzene rings is 1. The summed E-state index contributed by atoms with van der Waals surface area (Å²) in [6.45, 7) is 0.882. The fourth-order valence-corrected chi connectivity index (χ4v) is 2.44. The summed E-state index contributed by atoms with van der Waals surface area (Å²) in [5.41, 5.74) is 11.2. The van der Waals surface area contributed by atoms with Crippen LogP contribution in [0.2, 0.25) is 0 Å². The molecule has 0 spiro atoms. The SMILES string of the molecule is COc1cc2c(cc1N)-c1cnn(C)c1CCN2. The molecule has 1 aliphatic rings. The Morgan fingerprint density at radius 3 is 3.00 bits per heavy atom. The van der Waals surface area contributed by atoms with Gasteiger partial charge in [-0.1, -0.05) is 0 Å². The van der Waals surface area contributed by atoms with Crippen LogP contribution in [0.4, 0.5) is 11.4 Å². The van der Waals surface area contributed by atoms with Crippen molar-refractivity contribution in [3.8, 4) is 16.9 Å². The lowest BCUT2D eigenvalue weighted by atomic mass is 10.0. The molecule has 3 rings (SSSR count). The average Bonchev–Trinajstić information content (AvgIpc) is 2.63. The first-order valence-electron chi connectivity index (χ1n) is 5.93. The van der Waals surface area contributed by atoms with Gasteiger partial charge in [0.2, 0.25) is 0 Å². The topological polar surface area (TPSA) is 65.1 Å². The zero-order valence-electron chi connectivity index (χ0n) is 10.5. The molecule has 0 atom stereocenters. The molecule has 2 aromatic rings. The van der Waals surface area contributed by atoms with E-state index < -0.39 is 0 Å². The van der Waals surface area contributed by atoms with E-state index in [4.69, 9.17) is 10.5 Å². The smallest absolute Gasteiger partial charge is 0.143 e. The fourth-order valence-electron chi connectivity index (χ4n) is 2.44. The van der Waals surface area contributed by atoms with E-state index in [1.165, 1.54) is 5.69 Å². The summed E-state index contributed by atoms with van der Waals surface area (Å²) >= 11 is 0. The number of hydrogen-bond acceptors (Lipinski definition) is 4. The minimum atomic E-state index is 0.648. The lowest BCUT2D eigenvalue weighted by molar-refractivity contribution is 0.417. The van der Waals surface area contributed by atoms with Crippen molar-refractivity contribution in [1.29, 1.82) is 0 Å². The number of nitrogens with one attached hydrogen (secondary N) is 1. The first-order valence-corrected chi connectivity index (χ1v) is 5.93. The largest absolute Gasteiger partial charge is 0.495 e. The van der Waals surface area contributed by atoms with E-state index in [1.54, 1.807) is 7.11 Å². The van der Waals surface area contributed by atoms with Crippen LogP contribution in [0.5, 0.6) is 5.75 Å². The highest BCUT2D eigenvalue weighted by molar-refractivity contribution is 5.85. The minimum absolute atomic E-state index is 0.648. The monoisotopic (exact) mass is 244 g/mol. The van der Waals surface area contributed by atoms with E-state index in [-0.39, 0.29) is 0 Å². The van der Waals surface area contributed by atoms with E-state index in [1.807, 2.05) is 30.1 Å². The number of methoxy groups -OCH3 is 1. The van der Waals surface area contributed by atoms with Crippen molar-refractivity contribution in [2.45, 2.75) is 6.42 Å². The van der Waals surface area contributed by atoms with Crippen LogP contribution in [-0.4, -0.2) is 23.4 Å². The van der Waals surface area contributed by atoms with Crippen LogP contribution in [0.15, 0.2) is 18.3 Å². The van der Waals surface area contributed by atoms with Crippen molar-refractivity contribution >= 4 is 11.4 Å². The zero-order valence-corrected chi connectivity index (χ0v) is 10.5. The summed E-state index contributed by atoms with van der Waals surface area (Å²) in [4.78, 5) is 0. The molecule has 2 heterocycles. The van der Waals surface area contributed by atoms with Crippen LogP contribution in [0.3, 0.4) is 0 Å². The van der Waals surface area contributed by atoms with Gasteiger partial charge in [0.15, 0.2) is 0 Å². The molecular weight excluding hydrogens is 228 g/mol. The van der Waals surface area contributed by atoms with Gasteiger partial charge < -0.3 is 15.8 Å². The third-order valence-corrected chi connectivity index (χ3v) is 3.40. The second-order valence-electron chi connectivity index (χ2n) is 4.45. The van der Waals surface area contributed by atoms with Crippen molar-refractivity contribution in [3.05, 3.63) is 24.0 Å². The highest BCUT2D eigenvalue weighted by atomic mass is 16.5. The summed E-state index contributed by atoms with van der Waals surface area (Å²) in [5.74, 6) is 0.702. The molecule has 5 heteroatoms. The number of ether oxygens (including phenoxy) is 1. The molecule has 0 aliphatic carbocycles. The van der Waals surface area contributed by atoms with Crippen LogP contribution in [-0.2, 0) is 13.5 Å².